The number of nitrogens with two attached hydrogens (primary N) is 1. The van der Waals surface area contributed by atoms with E-state index in [-0.39, 0.29) is 25.8 Å². The van der Waals surface area contributed by atoms with Crippen LogP contribution in [0.4, 0.5) is 4.39 Å². The van der Waals surface area contributed by atoms with Gasteiger partial charge in [-0.25, -0.2) is 4.39 Å². The third-order valence-electron chi connectivity index (χ3n) is 4.37. The van der Waals surface area contributed by atoms with Gasteiger partial charge in [-0.3, -0.25) is 14.4 Å². The zero-order chi connectivity index (χ0) is 17.6. The Labute approximate surface area is 134 Å². The first-order valence-corrected chi connectivity index (χ1v) is 7.73. The molecule has 130 valence electrons. The second kappa shape index (κ2) is 5.74. The number of hydrogen-bond acceptors (Lipinski definition) is 4. The van der Waals surface area contributed by atoms with E-state index in [1.54, 1.807) is 20.8 Å². The zero-order valence-electron chi connectivity index (χ0n) is 13.6. The molecule has 1 saturated heterocycles. The van der Waals surface area contributed by atoms with Gasteiger partial charge in [-0.15, -0.1) is 0 Å². The number of nitrogens with zero attached hydrogens (tertiary/aromatic N) is 1. The summed E-state index contributed by atoms with van der Waals surface area (Å²) < 4.78 is 13.9. The predicted octanol–water partition coefficient (Wildman–Crippen LogP) is -0.533. The van der Waals surface area contributed by atoms with E-state index in [2.05, 4.69) is 5.32 Å². The van der Waals surface area contributed by atoms with Crippen molar-refractivity contribution < 1.29 is 23.9 Å². The number of alkyl halides is 1. The molecule has 2 fully saturated rings. The maximum Gasteiger partial charge on any atom is 0.258 e. The van der Waals surface area contributed by atoms with Gasteiger partial charge in [0, 0.05) is 13.0 Å². The quantitative estimate of drug-likeness (QED) is 0.643. The maximum atomic E-state index is 13.9. The molecule has 1 heterocycles. The minimum absolute atomic E-state index is 0.0321. The molecule has 0 aromatic heterocycles. The van der Waals surface area contributed by atoms with Crippen LogP contribution in [0.25, 0.3) is 0 Å². The van der Waals surface area contributed by atoms with Crippen LogP contribution in [0.1, 0.15) is 40.0 Å². The minimum Gasteiger partial charge on any atom is -0.391 e. The molecule has 1 saturated carbocycles. The smallest absolute Gasteiger partial charge is 0.258 e. The summed E-state index contributed by atoms with van der Waals surface area (Å²) in [5.74, 6) is -2.05. The summed E-state index contributed by atoms with van der Waals surface area (Å²) in [5, 5.41) is 12.2. The molecule has 2 rings (SSSR count). The highest BCUT2D eigenvalue weighted by molar-refractivity contribution is 5.95. The molecule has 0 bridgehead atoms. The number of aliphatic hydroxyl groups is 1. The summed E-state index contributed by atoms with van der Waals surface area (Å²) >= 11 is 0. The number of carbonyl (C=O) groups is 3. The lowest BCUT2D eigenvalue weighted by molar-refractivity contribution is -0.144. The van der Waals surface area contributed by atoms with Crippen LogP contribution in [0.2, 0.25) is 0 Å². The van der Waals surface area contributed by atoms with E-state index in [0.717, 1.165) is 0 Å². The van der Waals surface area contributed by atoms with Gasteiger partial charge >= 0.3 is 0 Å². The number of amides is 3. The van der Waals surface area contributed by atoms with Crippen LogP contribution in [0, 0.1) is 5.41 Å². The molecule has 4 N–H and O–H groups in total. The molecular formula is C15H24FN3O4. The first-order valence-electron chi connectivity index (χ1n) is 7.73. The summed E-state index contributed by atoms with van der Waals surface area (Å²) in [6, 6.07) is -1.92. The third kappa shape index (κ3) is 3.63. The second-order valence-corrected chi connectivity index (χ2v) is 7.54. The van der Waals surface area contributed by atoms with Crippen LogP contribution in [-0.4, -0.2) is 58.1 Å². The SMILES string of the molecule is CC(C)(C)[C@@H](NC(=O)C1(F)CC1)C(=O)N1CC(O)CC1C(N)=O. The lowest BCUT2D eigenvalue weighted by Crippen LogP contribution is -2.58. The van der Waals surface area contributed by atoms with E-state index >= 15 is 0 Å². The van der Waals surface area contributed by atoms with Gasteiger partial charge in [-0.1, -0.05) is 20.8 Å². The standard InChI is InChI=1S/C15H24FN3O4/c1-14(2,3)10(18-13(23)15(16)4-5-15)12(22)19-7-8(20)6-9(19)11(17)21/h8-10,20H,4-7H2,1-3H3,(H2,17,21)(H,18,23)/t8?,9?,10-/m0/s1. The Bertz CT molecular complexity index is 527. The second-order valence-electron chi connectivity index (χ2n) is 7.54. The molecule has 3 atom stereocenters. The predicted molar refractivity (Wildman–Crippen MR) is 79.8 cm³/mol. The van der Waals surface area contributed by atoms with Gasteiger partial charge in [0.25, 0.3) is 5.91 Å². The van der Waals surface area contributed by atoms with Crippen LogP contribution in [0.5, 0.6) is 0 Å². The van der Waals surface area contributed by atoms with E-state index in [0.29, 0.717) is 0 Å². The number of hydrogen-bond donors (Lipinski definition) is 3. The first-order chi connectivity index (χ1) is 10.5. The molecule has 2 unspecified atom stereocenters. The number of carbonyl (C=O) groups excluding carboxylic acids is 3. The molecule has 0 spiro atoms. The normalized spacial score (nSPS) is 27.4. The molecule has 2 aliphatic rings. The monoisotopic (exact) mass is 329 g/mol. The summed E-state index contributed by atoms with van der Waals surface area (Å²) in [5.41, 5.74) is 2.71. The van der Waals surface area contributed by atoms with Gasteiger partial charge in [0.05, 0.1) is 6.10 Å². The van der Waals surface area contributed by atoms with Crippen molar-refractivity contribution in [3.05, 3.63) is 0 Å². The Morgan fingerprint density at radius 1 is 1.35 bits per heavy atom. The highest BCUT2D eigenvalue weighted by Gasteiger charge is 2.53. The third-order valence-corrected chi connectivity index (χ3v) is 4.37. The average Bonchev–Trinajstić information content (AvgIpc) is 3.04. The number of aliphatic hydroxyl groups excluding tert-OH is 1. The summed E-state index contributed by atoms with van der Waals surface area (Å²) in [4.78, 5) is 37.5. The van der Waals surface area contributed by atoms with Crippen molar-refractivity contribution in [2.75, 3.05) is 6.54 Å². The fourth-order valence-electron chi connectivity index (χ4n) is 2.74. The summed E-state index contributed by atoms with van der Waals surface area (Å²) in [6.45, 7) is 5.17. The molecule has 1 aliphatic heterocycles. The molecule has 7 nitrogen and oxygen atoms in total. The molecular weight excluding hydrogens is 305 g/mol. The van der Waals surface area contributed by atoms with E-state index in [4.69, 9.17) is 5.73 Å². The Balaban J connectivity index is 2.19. The van der Waals surface area contributed by atoms with Crippen LogP contribution < -0.4 is 11.1 Å². The van der Waals surface area contributed by atoms with Gasteiger partial charge in [-0.2, -0.15) is 0 Å². The first kappa shape index (κ1) is 17.7. The maximum absolute atomic E-state index is 13.9. The molecule has 1 aliphatic carbocycles. The zero-order valence-corrected chi connectivity index (χ0v) is 13.6. The van der Waals surface area contributed by atoms with Crippen molar-refractivity contribution in [1.29, 1.82) is 0 Å². The van der Waals surface area contributed by atoms with Gasteiger partial charge in [-0.05, 0) is 18.3 Å². The van der Waals surface area contributed by atoms with Crippen molar-refractivity contribution in [2.24, 2.45) is 11.1 Å². The van der Waals surface area contributed by atoms with Crippen molar-refractivity contribution in [3.63, 3.8) is 0 Å². The molecule has 23 heavy (non-hydrogen) atoms. The number of halogens is 1. The van der Waals surface area contributed by atoms with Crippen LogP contribution in [0.3, 0.4) is 0 Å². The van der Waals surface area contributed by atoms with Crippen LogP contribution in [0.15, 0.2) is 0 Å². The van der Waals surface area contributed by atoms with Crippen molar-refractivity contribution >= 4 is 17.7 Å². The topological polar surface area (TPSA) is 113 Å². The van der Waals surface area contributed by atoms with Crippen molar-refractivity contribution in [3.8, 4) is 0 Å². The van der Waals surface area contributed by atoms with Gasteiger partial charge in [0.1, 0.15) is 12.1 Å². The number of primary amides is 1. The van der Waals surface area contributed by atoms with Gasteiger partial charge in [0.2, 0.25) is 11.8 Å². The van der Waals surface area contributed by atoms with E-state index in [1.807, 2.05) is 0 Å². The highest BCUT2D eigenvalue weighted by atomic mass is 19.1. The summed E-state index contributed by atoms with van der Waals surface area (Å²) in [7, 11) is 0. The van der Waals surface area contributed by atoms with E-state index < -0.39 is 47.0 Å². The van der Waals surface area contributed by atoms with Crippen LogP contribution >= 0.6 is 0 Å². The Morgan fingerprint density at radius 3 is 2.35 bits per heavy atom. The lowest BCUT2D eigenvalue weighted by atomic mass is 9.85. The lowest BCUT2D eigenvalue weighted by Gasteiger charge is -2.35. The van der Waals surface area contributed by atoms with Crippen LogP contribution in [-0.2, 0) is 14.4 Å². The molecule has 0 aromatic carbocycles. The number of β-amino-alcohol motifs (C(OH)–C–C–N with tert-alkyl or cyclic N) is 1. The number of likely N-dealkylation sites (tertiary alicyclic amines) is 1. The minimum atomic E-state index is -1.89. The van der Waals surface area contributed by atoms with Gasteiger partial charge in [0.15, 0.2) is 5.67 Å². The fourth-order valence-corrected chi connectivity index (χ4v) is 2.74. The Morgan fingerprint density at radius 2 is 1.91 bits per heavy atom. The van der Waals surface area contributed by atoms with Crippen molar-refractivity contribution in [1.82, 2.24) is 10.2 Å². The fraction of sp³-hybridized carbons (Fsp3) is 0.800. The average molecular weight is 329 g/mol. The highest BCUT2D eigenvalue weighted by Crippen LogP contribution is 2.40. The molecule has 3 amide bonds. The summed E-state index contributed by atoms with van der Waals surface area (Å²) in [6.07, 6.45) is -0.477. The largest absolute Gasteiger partial charge is 0.391 e. The Hall–Kier alpha value is -1.70. The van der Waals surface area contributed by atoms with Crippen molar-refractivity contribution in [2.45, 2.75) is 63.9 Å². The number of rotatable bonds is 4. The number of nitrogens with one attached hydrogen (secondary N) is 1. The molecule has 8 heteroatoms. The molecule has 0 radical (unpaired) electrons. The van der Waals surface area contributed by atoms with E-state index in [1.165, 1.54) is 4.90 Å². The Kier molecular flexibility index (Phi) is 4.40. The molecule has 0 aromatic rings. The van der Waals surface area contributed by atoms with E-state index in [9.17, 15) is 23.9 Å². The van der Waals surface area contributed by atoms with Gasteiger partial charge < -0.3 is 21.1 Å².